The zero-order chi connectivity index (χ0) is 12.5. The predicted molar refractivity (Wildman–Crippen MR) is 66.5 cm³/mol. The van der Waals surface area contributed by atoms with Crippen molar-refractivity contribution in [1.29, 1.82) is 0 Å². The van der Waals surface area contributed by atoms with Crippen molar-refractivity contribution < 1.29 is 13.2 Å². The van der Waals surface area contributed by atoms with Gasteiger partial charge in [-0.2, -0.15) is 0 Å². The number of ketones is 1. The molecule has 0 bridgehead atoms. The highest BCUT2D eigenvalue weighted by Gasteiger charge is 2.48. The monoisotopic (exact) mass is 250 g/mol. The average molecular weight is 250 g/mol. The SMILES string of the molecule is CC(=O)C1(Cc2ccccc2)C=CCS1(=O)=O. The Kier molecular flexibility index (Phi) is 2.91. The summed E-state index contributed by atoms with van der Waals surface area (Å²) in [5.41, 5.74) is 0.859. The van der Waals surface area contributed by atoms with Crippen LogP contribution >= 0.6 is 0 Å². The Labute approximate surface area is 101 Å². The lowest BCUT2D eigenvalue weighted by molar-refractivity contribution is -0.118. The van der Waals surface area contributed by atoms with Gasteiger partial charge in [-0.15, -0.1) is 0 Å². The minimum Gasteiger partial charge on any atom is -0.298 e. The normalized spacial score (nSPS) is 25.9. The smallest absolute Gasteiger partial charge is 0.170 e. The molecule has 0 N–H and O–H groups in total. The summed E-state index contributed by atoms with van der Waals surface area (Å²) in [7, 11) is -3.41. The van der Waals surface area contributed by atoms with Crippen LogP contribution in [-0.2, 0) is 21.1 Å². The van der Waals surface area contributed by atoms with Crippen LogP contribution in [0.15, 0.2) is 42.5 Å². The molecule has 1 aliphatic heterocycles. The predicted octanol–water partition coefficient (Wildman–Crippen LogP) is 1.54. The summed E-state index contributed by atoms with van der Waals surface area (Å²) >= 11 is 0. The number of Topliss-reactive ketones (excluding diaryl/α,β-unsaturated/α-hetero) is 1. The molecule has 90 valence electrons. The highest BCUT2D eigenvalue weighted by molar-refractivity contribution is 7.94. The van der Waals surface area contributed by atoms with Gasteiger partial charge in [0.2, 0.25) is 0 Å². The van der Waals surface area contributed by atoms with Gasteiger partial charge in [0.15, 0.2) is 20.4 Å². The van der Waals surface area contributed by atoms with Crippen molar-refractivity contribution >= 4 is 15.6 Å². The number of rotatable bonds is 3. The molecule has 0 amide bonds. The lowest BCUT2D eigenvalue weighted by Crippen LogP contribution is -2.43. The van der Waals surface area contributed by atoms with Crippen molar-refractivity contribution in [1.82, 2.24) is 0 Å². The van der Waals surface area contributed by atoms with E-state index in [9.17, 15) is 13.2 Å². The number of carbonyl (C=O) groups is 1. The van der Waals surface area contributed by atoms with Gasteiger partial charge in [-0.1, -0.05) is 42.5 Å². The van der Waals surface area contributed by atoms with Crippen LogP contribution in [0.4, 0.5) is 0 Å². The molecule has 0 saturated heterocycles. The second kappa shape index (κ2) is 4.11. The molecule has 0 spiro atoms. The summed E-state index contributed by atoms with van der Waals surface area (Å²) in [6.07, 6.45) is 3.33. The molecule has 0 saturated carbocycles. The molecule has 17 heavy (non-hydrogen) atoms. The molecule has 1 atom stereocenters. The van der Waals surface area contributed by atoms with Crippen molar-refractivity contribution in [2.45, 2.75) is 18.1 Å². The van der Waals surface area contributed by atoms with Gasteiger partial charge in [0.1, 0.15) is 0 Å². The lowest BCUT2D eigenvalue weighted by Gasteiger charge is -2.23. The Morgan fingerprint density at radius 2 is 1.94 bits per heavy atom. The van der Waals surface area contributed by atoms with Gasteiger partial charge in [-0.3, -0.25) is 4.79 Å². The van der Waals surface area contributed by atoms with Gasteiger partial charge >= 0.3 is 0 Å². The summed E-state index contributed by atoms with van der Waals surface area (Å²) in [5, 5.41) is 0. The summed E-state index contributed by atoms with van der Waals surface area (Å²) in [4.78, 5) is 11.8. The van der Waals surface area contributed by atoms with E-state index in [0.717, 1.165) is 5.56 Å². The molecule has 0 fully saturated rings. The molecule has 2 rings (SSSR count). The third kappa shape index (κ3) is 1.93. The molecular weight excluding hydrogens is 236 g/mol. The fourth-order valence-electron chi connectivity index (χ4n) is 2.15. The van der Waals surface area contributed by atoms with E-state index in [2.05, 4.69) is 0 Å². The Hall–Kier alpha value is -1.42. The standard InChI is InChI=1S/C13H14O3S/c1-11(14)13(8-5-9-17(13,15)16)10-12-6-3-2-4-7-12/h2-8H,9-10H2,1H3. The second-order valence-corrected chi connectivity index (χ2v) is 6.58. The number of benzene rings is 1. The molecule has 4 heteroatoms. The largest absolute Gasteiger partial charge is 0.298 e. The average Bonchev–Trinajstić information content (AvgIpc) is 2.57. The van der Waals surface area contributed by atoms with Crippen LogP contribution in [0.5, 0.6) is 0 Å². The highest BCUT2D eigenvalue weighted by Crippen LogP contribution is 2.31. The van der Waals surface area contributed by atoms with Crippen molar-refractivity contribution in [3.05, 3.63) is 48.0 Å². The zero-order valence-electron chi connectivity index (χ0n) is 9.59. The summed E-state index contributed by atoms with van der Waals surface area (Å²) in [5.74, 6) is -0.352. The first kappa shape index (κ1) is 12.0. The summed E-state index contributed by atoms with van der Waals surface area (Å²) in [6, 6.07) is 9.23. The fourth-order valence-corrected chi connectivity index (χ4v) is 3.92. The Morgan fingerprint density at radius 1 is 1.29 bits per heavy atom. The maximum atomic E-state index is 12.0. The fraction of sp³-hybridized carbons (Fsp3) is 0.308. The van der Waals surface area contributed by atoms with E-state index in [4.69, 9.17) is 0 Å². The molecular formula is C13H14O3S. The van der Waals surface area contributed by atoms with Crippen LogP contribution in [0.25, 0.3) is 0 Å². The zero-order valence-corrected chi connectivity index (χ0v) is 10.4. The summed E-state index contributed by atoms with van der Waals surface area (Å²) < 4.78 is 22.7. The van der Waals surface area contributed by atoms with Gasteiger partial charge in [0, 0.05) is 6.42 Å². The van der Waals surface area contributed by atoms with Crippen LogP contribution in [-0.4, -0.2) is 24.7 Å². The van der Waals surface area contributed by atoms with E-state index >= 15 is 0 Å². The molecule has 1 heterocycles. The van der Waals surface area contributed by atoms with Crippen molar-refractivity contribution in [2.24, 2.45) is 0 Å². The third-order valence-electron chi connectivity index (χ3n) is 3.16. The van der Waals surface area contributed by atoms with E-state index in [1.165, 1.54) is 13.0 Å². The van der Waals surface area contributed by atoms with E-state index in [1.54, 1.807) is 6.08 Å². The van der Waals surface area contributed by atoms with Crippen molar-refractivity contribution in [3.63, 3.8) is 0 Å². The number of hydrogen-bond acceptors (Lipinski definition) is 3. The minimum absolute atomic E-state index is 0.0422. The number of sulfone groups is 1. The first-order valence-corrected chi connectivity index (χ1v) is 7.08. The second-order valence-electron chi connectivity index (χ2n) is 4.29. The Balaban J connectivity index is 2.45. The molecule has 0 aromatic heterocycles. The van der Waals surface area contributed by atoms with E-state index in [1.807, 2.05) is 30.3 Å². The number of hydrogen-bond donors (Lipinski definition) is 0. The lowest BCUT2D eigenvalue weighted by atomic mass is 9.94. The van der Waals surface area contributed by atoms with Crippen LogP contribution in [0.1, 0.15) is 12.5 Å². The van der Waals surface area contributed by atoms with Crippen LogP contribution in [0.3, 0.4) is 0 Å². The van der Waals surface area contributed by atoms with Gasteiger partial charge < -0.3 is 0 Å². The molecule has 1 unspecified atom stereocenters. The van der Waals surface area contributed by atoms with Gasteiger partial charge in [-0.05, 0) is 12.5 Å². The maximum absolute atomic E-state index is 12.0. The quantitative estimate of drug-likeness (QED) is 0.765. The number of carbonyl (C=O) groups excluding carboxylic acids is 1. The molecule has 0 aliphatic carbocycles. The minimum atomic E-state index is -3.41. The van der Waals surface area contributed by atoms with Crippen LogP contribution in [0, 0.1) is 0 Å². The van der Waals surface area contributed by atoms with Crippen LogP contribution < -0.4 is 0 Å². The molecule has 1 aliphatic rings. The maximum Gasteiger partial charge on any atom is 0.170 e. The highest BCUT2D eigenvalue weighted by atomic mass is 32.2. The Bertz CT molecular complexity index is 558. The van der Waals surface area contributed by atoms with Crippen molar-refractivity contribution in [2.75, 3.05) is 5.75 Å². The third-order valence-corrected chi connectivity index (χ3v) is 5.47. The van der Waals surface area contributed by atoms with E-state index in [0.29, 0.717) is 0 Å². The Morgan fingerprint density at radius 3 is 2.41 bits per heavy atom. The van der Waals surface area contributed by atoms with Gasteiger partial charge in [0.05, 0.1) is 5.75 Å². The molecule has 3 nitrogen and oxygen atoms in total. The van der Waals surface area contributed by atoms with E-state index < -0.39 is 14.6 Å². The van der Waals surface area contributed by atoms with Crippen LogP contribution in [0.2, 0.25) is 0 Å². The summed E-state index contributed by atoms with van der Waals surface area (Å²) in [6.45, 7) is 1.34. The topological polar surface area (TPSA) is 51.2 Å². The first-order valence-electron chi connectivity index (χ1n) is 5.43. The van der Waals surface area contributed by atoms with Gasteiger partial charge in [-0.25, -0.2) is 8.42 Å². The molecule has 1 aromatic carbocycles. The first-order chi connectivity index (χ1) is 7.98. The van der Waals surface area contributed by atoms with Gasteiger partial charge in [0.25, 0.3) is 0 Å². The molecule has 0 radical (unpaired) electrons. The molecule has 1 aromatic rings. The van der Waals surface area contributed by atoms with E-state index in [-0.39, 0.29) is 18.0 Å². The van der Waals surface area contributed by atoms with Crippen molar-refractivity contribution in [3.8, 4) is 0 Å².